The topological polar surface area (TPSA) is 71.2 Å². The van der Waals surface area contributed by atoms with Crippen LogP contribution >= 0.6 is 11.8 Å². The number of aliphatic carboxylic acids is 1. The number of hydrogen-bond donors (Lipinski definition) is 1. The lowest BCUT2D eigenvalue weighted by atomic mass is 10.0. The van der Waals surface area contributed by atoms with Gasteiger partial charge in [0.2, 0.25) is 5.95 Å². The molecule has 1 atom stereocenters. The summed E-state index contributed by atoms with van der Waals surface area (Å²) in [5, 5.41) is 18.1. The van der Waals surface area contributed by atoms with Crippen LogP contribution in [-0.2, 0) is 11.3 Å². The Kier molecular flexibility index (Phi) is 5.90. The molecule has 21 heavy (non-hydrogen) atoms. The Morgan fingerprint density at radius 1 is 1.38 bits per heavy atom. The highest BCUT2D eigenvalue weighted by Gasteiger charge is 2.21. The zero-order chi connectivity index (χ0) is 15.2. The van der Waals surface area contributed by atoms with Gasteiger partial charge in [0, 0.05) is 19.6 Å². The molecule has 1 aliphatic rings. The van der Waals surface area contributed by atoms with E-state index >= 15 is 0 Å². The SMILES string of the molecule is CCCn1c(SCC(=O)O)nnc1N1CCCC(C)CC1. The van der Waals surface area contributed by atoms with Gasteiger partial charge in [0.25, 0.3) is 0 Å². The van der Waals surface area contributed by atoms with Gasteiger partial charge in [0.15, 0.2) is 5.16 Å². The summed E-state index contributed by atoms with van der Waals surface area (Å²) in [5.74, 6) is 0.868. The molecule has 7 heteroatoms. The van der Waals surface area contributed by atoms with Gasteiger partial charge < -0.3 is 10.0 Å². The molecule has 1 aliphatic heterocycles. The highest BCUT2D eigenvalue weighted by atomic mass is 32.2. The number of carboxylic acid groups (broad SMARTS) is 1. The highest BCUT2D eigenvalue weighted by molar-refractivity contribution is 7.99. The van der Waals surface area contributed by atoms with Crippen LogP contribution in [0.3, 0.4) is 0 Å². The molecular weight excluding hydrogens is 288 g/mol. The van der Waals surface area contributed by atoms with Gasteiger partial charge in [-0.15, -0.1) is 10.2 Å². The summed E-state index contributed by atoms with van der Waals surface area (Å²) in [7, 11) is 0. The standard InChI is InChI=1S/C14H24N4O2S/c1-3-7-18-13(15-16-14(18)21-10-12(19)20)17-8-4-5-11(2)6-9-17/h11H,3-10H2,1-2H3,(H,19,20). The van der Waals surface area contributed by atoms with Crippen LogP contribution < -0.4 is 4.90 Å². The number of carbonyl (C=O) groups is 1. The van der Waals surface area contributed by atoms with Crippen LogP contribution in [0, 0.1) is 5.92 Å². The van der Waals surface area contributed by atoms with Crippen LogP contribution in [0.5, 0.6) is 0 Å². The lowest BCUT2D eigenvalue weighted by Crippen LogP contribution is -2.27. The molecular formula is C14H24N4O2S. The van der Waals surface area contributed by atoms with Crippen molar-refractivity contribution in [2.75, 3.05) is 23.7 Å². The molecule has 1 saturated heterocycles. The van der Waals surface area contributed by atoms with Crippen molar-refractivity contribution in [3.8, 4) is 0 Å². The summed E-state index contributed by atoms with van der Waals surface area (Å²) >= 11 is 1.25. The molecule has 0 aromatic carbocycles. The maximum atomic E-state index is 10.7. The fourth-order valence-electron chi connectivity index (χ4n) is 2.63. The van der Waals surface area contributed by atoms with Gasteiger partial charge >= 0.3 is 5.97 Å². The van der Waals surface area contributed by atoms with E-state index in [2.05, 4.69) is 33.5 Å². The Hall–Kier alpha value is -1.24. The van der Waals surface area contributed by atoms with Gasteiger partial charge in [-0.1, -0.05) is 25.6 Å². The molecule has 1 unspecified atom stereocenters. The first-order chi connectivity index (χ1) is 10.1. The van der Waals surface area contributed by atoms with E-state index in [4.69, 9.17) is 5.11 Å². The first-order valence-corrected chi connectivity index (χ1v) is 8.63. The molecule has 6 nitrogen and oxygen atoms in total. The second-order valence-electron chi connectivity index (χ2n) is 5.64. The molecule has 1 fully saturated rings. The predicted molar refractivity (Wildman–Crippen MR) is 83.9 cm³/mol. The number of hydrogen-bond acceptors (Lipinski definition) is 5. The molecule has 118 valence electrons. The summed E-state index contributed by atoms with van der Waals surface area (Å²) in [6.07, 6.45) is 4.60. The van der Waals surface area contributed by atoms with Crippen LogP contribution in [0.1, 0.15) is 39.5 Å². The van der Waals surface area contributed by atoms with Gasteiger partial charge in [-0.25, -0.2) is 0 Å². The minimum absolute atomic E-state index is 0.0267. The minimum Gasteiger partial charge on any atom is -0.481 e. The third-order valence-corrected chi connectivity index (χ3v) is 4.72. The number of aromatic nitrogens is 3. The zero-order valence-corrected chi connectivity index (χ0v) is 13.6. The first-order valence-electron chi connectivity index (χ1n) is 7.64. The summed E-state index contributed by atoms with van der Waals surface area (Å²) in [6.45, 7) is 7.26. The van der Waals surface area contributed by atoms with E-state index in [1.54, 1.807) is 0 Å². The number of rotatable bonds is 6. The quantitative estimate of drug-likeness (QED) is 0.814. The molecule has 2 heterocycles. The normalized spacial score (nSPS) is 19.5. The van der Waals surface area contributed by atoms with Crippen molar-refractivity contribution >= 4 is 23.7 Å². The summed E-state index contributed by atoms with van der Waals surface area (Å²) < 4.78 is 2.07. The van der Waals surface area contributed by atoms with Gasteiger partial charge in [-0.3, -0.25) is 9.36 Å². The summed E-state index contributed by atoms with van der Waals surface area (Å²) in [6, 6.07) is 0. The molecule has 1 N–H and O–H groups in total. The van der Waals surface area contributed by atoms with Crippen LogP contribution in [0.2, 0.25) is 0 Å². The van der Waals surface area contributed by atoms with E-state index in [0.29, 0.717) is 5.16 Å². The first kappa shape index (κ1) is 16.1. The molecule has 2 rings (SSSR count). The van der Waals surface area contributed by atoms with Gasteiger partial charge in [0.1, 0.15) is 0 Å². The minimum atomic E-state index is -0.823. The third kappa shape index (κ3) is 4.36. The van der Waals surface area contributed by atoms with Crippen molar-refractivity contribution in [1.29, 1.82) is 0 Å². The van der Waals surface area contributed by atoms with E-state index in [1.165, 1.54) is 31.0 Å². The van der Waals surface area contributed by atoms with E-state index in [0.717, 1.165) is 37.9 Å². The Morgan fingerprint density at radius 2 is 2.19 bits per heavy atom. The maximum Gasteiger partial charge on any atom is 0.313 e. The summed E-state index contributed by atoms with van der Waals surface area (Å²) in [4.78, 5) is 13.0. The number of carboxylic acids is 1. The van der Waals surface area contributed by atoms with Gasteiger partial charge in [-0.2, -0.15) is 0 Å². The number of thioether (sulfide) groups is 1. The second kappa shape index (κ2) is 7.68. The molecule has 1 aromatic heterocycles. The zero-order valence-electron chi connectivity index (χ0n) is 12.8. The number of anilines is 1. The average molecular weight is 312 g/mol. The Labute approximate surface area is 129 Å². The van der Waals surface area contributed by atoms with Crippen molar-refractivity contribution in [2.45, 2.75) is 51.2 Å². The molecule has 0 radical (unpaired) electrons. The molecule has 0 amide bonds. The third-order valence-electron chi connectivity index (χ3n) is 3.77. The summed E-state index contributed by atoms with van der Waals surface area (Å²) in [5.41, 5.74) is 0. The Balaban J connectivity index is 2.15. The van der Waals surface area contributed by atoms with Crippen molar-refractivity contribution in [2.24, 2.45) is 5.92 Å². The smallest absolute Gasteiger partial charge is 0.313 e. The monoisotopic (exact) mass is 312 g/mol. The molecule has 0 spiro atoms. The Bertz CT molecular complexity index is 478. The predicted octanol–water partition coefficient (Wildman–Crippen LogP) is 2.49. The van der Waals surface area contributed by atoms with Crippen LogP contribution in [0.25, 0.3) is 0 Å². The average Bonchev–Trinajstić information content (AvgIpc) is 2.71. The molecule has 0 aliphatic carbocycles. The van der Waals surface area contributed by atoms with E-state index in [9.17, 15) is 4.79 Å². The fraction of sp³-hybridized carbons (Fsp3) is 0.786. The van der Waals surface area contributed by atoms with E-state index < -0.39 is 5.97 Å². The largest absolute Gasteiger partial charge is 0.481 e. The molecule has 0 saturated carbocycles. The molecule has 0 bridgehead atoms. The van der Waals surface area contributed by atoms with E-state index in [-0.39, 0.29) is 5.75 Å². The second-order valence-corrected chi connectivity index (χ2v) is 6.58. The molecule has 1 aromatic rings. The lowest BCUT2D eigenvalue weighted by Gasteiger charge is -2.22. The van der Waals surface area contributed by atoms with Crippen molar-refractivity contribution < 1.29 is 9.90 Å². The van der Waals surface area contributed by atoms with Crippen LogP contribution in [-0.4, -0.2) is 44.7 Å². The maximum absolute atomic E-state index is 10.7. The van der Waals surface area contributed by atoms with Gasteiger partial charge in [0.05, 0.1) is 5.75 Å². The van der Waals surface area contributed by atoms with Crippen LogP contribution in [0.15, 0.2) is 5.16 Å². The van der Waals surface area contributed by atoms with Crippen molar-refractivity contribution in [3.63, 3.8) is 0 Å². The Morgan fingerprint density at radius 3 is 2.90 bits per heavy atom. The van der Waals surface area contributed by atoms with Crippen molar-refractivity contribution in [1.82, 2.24) is 14.8 Å². The highest BCUT2D eigenvalue weighted by Crippen LogP contribution is 2.25. The van der Waals surface area contributed by atoms with E-state index in [1.807, 2.05) is 0 Å². The lowest BCUT2D eigenvalue weighted by molar-refractivity contribution is -0.133. The number of nitrogens with zero attached hydrogens (tertiary/aromatic N) is 4. The fourth-order valence-corrected chi connectivity index (χ4v) is 3.31. The van der Waals surface area contributed by atoms with Crippen LogP contribution in [0.4, 0.5) is 5.95 Å². The van der Waals surface area contributed by atoms with Gasteiger partial charge in [-0.05, 0) is 31.6 Å². The van der Waals surface area contributed by atoms with Crippen molar-refractivity contribution in [3.05, 3.63) is 0 Å².